The van der Waals surface area contributed by atoms with Crippen molar-refractivity contribution in [1.82, 2.24) is 36.8 Å². The van der Waals surface area contributed by atoms with Crippen molar-refractivity contribution in [2.75, 3.05) is 18.8 Å². The van der Waals surface area contributed by atoms with Crippen LogP contribution in [0.3, 0.4) is 0 Å². The number of nitrogens with two attached hydrogens (primary N) is 1. The number of thiol groups is 1. The predicted octanol–water partition coefficient (Wildman–Crippen LogP) is -2.69. The van der Waals surface area contributed by atoms with Crippen molar-refractivity contribution < 1.29 is 63.3 Å². The van der Waals surface area contributed by atoms with Gasteiger partial charge in [0.2, 0.25) is 41.4 Å². The summed E-state index contributed by atoms with van der Waals surface area (Å²) < 4.78 is 0. The van der Waals surface area contributed by atoms with Gasteiger partial charge < -0.3 is 57.9 Å². The summed E-state index contributed by atoms with van der Waals surface area (Å²) in [5, 5.41) is 41.7. The second-order valence-electron chi connectivity index (χ2n) is 13.7. The third kappa shape index (κ3) is 15.6. The minimum Gasteiger partial charge on any atom is -0.481 e. The number of nitrogens with zero attached hydrogens (tertiary/aromatic N) is 1. The highest BCUT2D eigenvalue weighted by Gasteiger charge is 2.41. The molecule has 1 rings (SSSR count). The number of rotatable bonds is 24. The first-order chi connectivity index (χ1) is 26.2. The fraction of sp³-hybridized carbons (Fsp3) is 0.706. The fourth-order valence-electron chi connectivity index (χ4n) is 5.54. The number of carboxylic acid groups (broad SMARTS) is 3. The Morgan fingerprint density at radius 3 is 1.86 bits per heavy atom. The van der Waals surface area contributed by atoms with Crippen LogP contribution < -0.4 is 37.6 Å². The topological polar surface area (TPSA) is 333 Å². The van der Waals surface area contributed by atoms with Crippen molar-refractivity contribution in [3.63, 3.8) is 0 Å². The minimum absolute atomic E-state index is 0.106. The molecule has 0 aromatic heterocycles. The van der Waals surface area contributed by atoms with Gasteiger partial charge in [-0.1, -0.05) is 40.5 Å². The monoisotopic (exact) mass is 816 g/mol. The van der Waals surface area contributed by atoms with E-state index in [-0.39, 0.29) is 25.1 Å². The van der Waals surface area contributed by atoms with Gasteiger partial charge in [0.05, 0.1) is 19.0 Å². The molecule has 1 heterocycles. The van der Waals surface area contributed by atoms with Crippen LogP contribution in [0.15, 0.2) is 0 Å². The molecule has 0 unspecified atom stereocenters. The van der Waals surface area contributed by atoms with E-state index in [9.17, 15) is 53.1 Å². The molecule has 0 aromatic rings. The molecule has 1 fully saturated rings. The Bertz CT molecular complexity index is 1470. The highest BCUT2D eigenvalue weighted by Crippen LogP contribution is 2.22. The first kappa shape index (κ1) is 49.0. The maximum Gasteiger partial charge on any atom is 0.325 e. The first-order valence-electron chi connectivity index (χ1n) is 18.3. The maximum atomic E-state index is 14.1. The smallest absolute Gasteiger partial charge is 0.325 e. The number of likely N-dealkylation sites (tertiary alicyclic amines) is 1. The zero-order chi connectivity index (χ0) is 42.9. The van der Waals surface area contributed by atoms with Gasteiger partial charge >= 0.3 is 17.9 Å². The molecule has 1 aliphatic heterocycles. The van der Waals surface area contributed by atoms with Gasteiger partial charge in [-0.05, 0) is 38.0 Å². The lowest BCUT2D eigenvalue weighted by Crippen LogP contribution is -2.61. The quantitative estimate of drug-likeness (QED) is 0.0442. The summed E-state index contributed by atoms with van der Waals surface area (Å²) in [6, 6.07) is -9.11. The van der Waals surface area contributed by atoms with Gasteiger partial charge in [-0.15, -0.1) is 0 Å². The molecule has 0 bridgehead atoms. The Hall–Kier alpha value is -4.99. The van der Waals surface area contributed by atoms with Gasteiger partial charge in [0.25, 0.3) is 0 Å². The minimum atomic E-state index is -1.73. The molecule has 56 heavy (non-hydrogen) atoms. The molecule has 21 nitrogen and oxygen atoms in total. The van der Waals surface area contributed by atoms with Crippen LogP contribution in [0.1, 0.15) is 79.6 Å². The molecule has 22 heteroatoms. The Labute approximate surface area is 329 Å². The van der Waals surface area contributed by atoms with Crippen LogP contribution in [0.25, 0.3) is 0 Å². The number of amides is 7. The van der Waals surface area contributed by atoms with E-state index in [4.69, 9.17) is 15.9 Å². The molecule has 0 aliphatic carbocycles. The highest BCUT2D eigenvalue weighted by atomic mass is 32.1. The number of carboxylic acids is 3. The number of carbonyl (C=O) groups excluding carboxylic acids is 7. The van der Waals surface area contributed by atoms with Crippen LogP contribution in [0.5, 0.6) is 0 Å². The number of hydrogen-bond donors (Lipinski definition) is 11. The average molecular weight is 817 g/mol. The number of aliphatic carboxylic acids is 3. The third-order valence-electron chi connectivity index (χ3n) is 9.41. The van der Waals surface area contributed by atoms with Crippen molar-refractivity contribution in [3.05, 3.63) is 0 Å². The largest absolute Gasteiger partial charge is 0.481 e. The van der Waals surface area contributed by atoms with E-state index in [0.717, 1.165) is 0 Å². The summed E-state index contributed by atoms with van der Waals surface area (Å²) in [5.41, 5.74) is 5.71. The Morgan fingerprint density at radius 1 is 0.750 bits per heavy atom. The number of nitrogens with one attached hydrogen (secondary N) is 6. The number of carbonyl (C=O) groups is 10. The van der Waals surface area contributed by atoms with Crippen LogP contribution in [0.2, 0.25) is 0 Å². The molecule has 11 N–H and O–H groups in total. The Kier molecular flexibility index (Phi) is 20.9. The van der Waals surface area contributed by atoms with Gasteiger partial charge in [0.15, 0.2) is 0 Å². The summed E-state index contributed by atoms with van der Waals surface area (Å²) in [6.45, 7) is 7.65. The van der Waals surface area contributed by atoms with Gasteiger partial charge in [0.1, 0.15) is 36.3 Å². The lowest BCUT2D eigenvalue weighted by Gasteiger charge is -2.33. The van der Waals surface area contributed by atoms with Gasteiger partial charge in [0, 0.05) is 18.7 Å². The van der Waals surface area contributed by atoms with E-state index in [1.807, 2.05) is 0 Å². The molecule has 316 valence electrons. The van der Waals surface area contributed by atoms with Crippen molar-refractivity contribution in [1.29, 1.82) is 0 Å². The average Bonchev–Trinajstić information content (AvgIpc) is 3.64. The first-order valence-corrected chi connectivity index (χ1v) is 18.9. The van der Waals surface area contributed by atoms with Gasteiger partial charge in [-0.2, -0.15) is 12.6 Å². The van der Waals surface area contributed by atoms with E-state index in [1.165, 1.54) is 11.8 Å². The summed E-state index contributed by atoms with van der Waals surface area (Å²) in [4.78, 5) is 127. The zero-order valence-electron chi connectivity index (χ0n) is 32.2. The van der Waals surface area contributed by atoms with E-state index in [1.54, 1.807) is 27.7 Å². The van der Waals surface area contributed by atoms with Crippen LogP contribution >= 0.6 is 12.6 Å². The molecule has 0 saturated carbocycles. The SMILES string of the molecule is CC[C@H](C)[C@H](NC(=O)[C@@H]1CCCN1C(=O)[C@@H](NC(=O)[C@H](CC(=O)O)NC(=O)[C@H](CS)NC(=O)[C@@H](N)CCC(=O)O)[C@@H](C)CC)C(=O)NCC(=O)N[C@@H](C)C(=O)O. The molecule has 9 atom stereocenters. The standard InChI is InChI=1S/C34H56N8O13S/c1-6-16(3)26(32(52)36-14-23(43)37-18(5)34(54)55)40-31(51)22-9-8-12-42(22)33(53)27(17(4)7-2)41-29(49)20(13-25(46)47)38-30(50)21(15-56)39-28(48)19(35)10-11-24(44)45/h16-22,26-27,56H,6-15,35H2,1-5H3,(H,36,52)(H,37,43)(H,38,50)(H,39,48)(H,40,51)(H,41,49)(H,44,45)(H,46,47)(H,54,55)/t16-,17-,18-,19-,20-,21-,22-,26-,27-/m0/s1. The van der Waals surface area contributed by atoms with Crippen molar-refractivity contribution in [2.24, 2.45) is 17.6 Å². The maximum absolute atomic E-state index is 14.1. The van der Waals surface area contributed by atoms with Gasteiger partial charge in [-0.25, -0.2) is 0 Å². The molecule has 1 aliphatic rings. The third-order valence-corrected chi connectivity index (χ3v) is 9.78. The summed E-state index contributed by atoms with van der Waals surface area (Å²) in [5.74, 6) is -11.0. The van der Waals surface area contributed by atoms with E-state index in [0.29, 0.717) is 19.3 Å². The summed E-state index contributed by atoms with van der Waals surface area (Å²) in [6.07, 6.45) is -0.186. The summed E-state index contributed by atoms with van der Waals surface area (Å²) >= 11 is 4.04. The number of hydrogen-bond acceptors (Lipinski definition) is 12. The van der Waals surface area contributed by atoms with E-state index in [2.05, 4.69) is 44.5 Å². The highest BCUT2D eigenvalue weighted by molar-refractivity contribution is 7.80. The van der Waals surface area contributed by atoms with Crippen LogP contribution in [-0.2, 0) is 47.9 Å². The van der Waals surface area contributed by atoms with Crippen LogP contribution in [0.4, 0.5) is 0 Å². The summed E-state index contributed by atoms with van der Waals surface area (Å²) in [7, 11) is 0. The van der Waals surface area contributed by atoms with Crippen molar-refractivity contribution in [2.45, 2.75) is 122 Å². The molecule has 7 amide bonds. The Balaban J connectivity index is 3.18. The molecule has 0 spiro atoms. The molecular formula is C34H56N8O13S. The van der Waals surface area contributed by atoms with Crippen molar-refractivity contribution >= 4 is 71.9 Å². The van der Waals surface area contributed by atoms with Crippen molar-refractivity contribution in [3.8, 4) is 0 Å². The Morgan fingerprint density at radius 2 is 1.32 bits per heavy atom. The fourth-order valence-corrected chi connectivity index (χ4v) is 5.80. The zero-order valence-corrected chi connectivity index (χ0v) is 33.1. The van der Waals surface area contributed by atoms with E-state index < -0.39 is 133 Å². The van der Waals surface area contributed by atoms with Gasteiger partial charge in [-0.3, -0.25) is 47.9 Å². The second kappa shape index (κ2) is 23.8. The molecule has 0 radical (unpaired) electrons. The molecule has 1 saturated heterocycles. The second-order valence-corrected chi connectivity index (χ2v) is 14.1. The lowest BCUT2D eigenvalue weighted by molar-refractivity contribution is -0.144. The van der Waals surface area contributed by atoms with Crippen LogP contribution in [-0.4, -0.2) is 141 Å². The lowest BCUT2D eigenvalue weighted by atomic mass is 9.96. The molecule has 0 aromatic carbocycles. The molecular weight excluding hydrogens is 760 g/mol. The van der Waals surface area contributed by atoms with Crippen LogP contribution in [0, 0.1) is 11.8 Å². The van der Waals surface area contributed by atoms with E-state index >= 15 is 0 Å². The predicted molar refractivity (Wildman–Crippen MR) is 201 cm³/mol. The normalized spacial score (nSPS) is 18.0.